The van der Waals surface area contributed by atoms with E-state index in [0.717, 1.165) is 5.75 Å². The number of anilines is 1. The summed E-state index contributed by atoms with van der Waals surface area (Å²) in [6.07, 6.45) is 1.36. The van der Waals surface area contributed by atoms with Crippen molar-refractivity contribution in [3.05, 3.63) is 59.7 Å². The average Bonchev–Trinajstić information content (AvgIpc) is 2.67. The van der Waals surface area contributed by atoms with Gasteiger partial charge in [0.25, 0.3) is 5.91 Å². The number of Topliss-reactive ketones (excluding diaryl/α,β-unsaturated/α-hetero) is 1. The highest BCUT2D eigenvalue weighted by atomic mass is 16.5. The van der Waals surface area contributed by atoms with Gasteiger partial charge in [-0.15, -0.1) is 0 Å². The van der Waals surface area contributed by atoms with Gasteiger partial charge in [0.05, 0.1) is 7.11 Å². The number of likely N-dealkylation sites (tertiary alicyclic amines) is 1. The van der Waals surface area contributed by atoms with Gasteiger partial charge < -0.3 is 15.4 Å². The van der Waals surface area contributed by atoms with Gasteiger partial charge in [-0.1, -0.05) is 6.07 Å². The second-order valence-corrected chi connectivity index (χ2v) is 6.28. The molecule has 0 bridgehead atoms. The van der Waals surface area contributed by atoms with Gasteiger partial charge in [0.1, 0.15) is 5.75 Å². The molecule has 0 unspecified atom stereocenters. The smallest absolute Gasteiger partial charge is 0.253 e. The second kappa shape index (κ2) is 7.38. The van der Waals surface area contributed by atoms with Gasteiger partial charge in [0.15, 0.2) is 5.78 Å². The zero-order valence-electron chi connectivity index (χ0n) is 14.3. The van der Waals surface area contributed by atoms with Crippen LogP contribution >= 0.6 is 0 Å². The van der Waals surface area contributed by atoms with Crippen LogP contribution in [0.2, 0.25) is 0 Å². The van der Waals surface area contributed by atoms with Crippen molar-refractivity contribution in [1.82, 2.24) is 4.90 Å². The van der Waals surface area contributed by atoms with E-state index in [2.05, 4.69) is 0 Å². The number of ketones is 1. The van der Waals surface area contributed by atoms with Crippen LogP contribution in [0.4, 0.5) is 5.69 Å². The number of methoxy groups -OCH3 is 1. The number of carbonyl (C=O) groups excluding carboxylic acids is 2. The van der Waals surface area contributed by atoms with Crippen LogP contribution in [0.3, 0.4) is 0 Å². The van der Waals surface area contributed by atoms with Crippen LogP contribution in [-0.4, -0.2) is 36.8 Å². The molecule has 1 fully saturated rings. The van der Waals surface area contributed by atoms with Gasteiger partial charge >= 0.3 is 0 Å². The third kappa shape index (κ3) is 3.82. The third-order valence-electron chi connectivity index (χ3n) is 4.66. The molecule has 2 N–H and O–H groups in total. The van der Waals surface area contributed by atoms with E-state index >= 15 is 0 Å². The van der Waals surface area contributed by atoms with Gasteiger partial charge in [0, 0.05) is 35.8 Å². The number of amides is 1. The number of nitrogens with two attached hydrogens (primary N) is 1. The molecule has 25 heavy (non-hydrogen) atoms. The standard InChI is InChI=1S/C20H22N2O3/c1-25-18-7-5-14(6-8-18)19(23)15-9-11-22(12-10-15)20(24)16-3-2-4-17(21)13-16/h2-8,13,15H,9-12,21H2,1H3. The Labute approximate surface area is 147 Å². The highest BCUT2D eigenvalue weighted by Gasteiger charge is 2.28. The Morgan fingerprint density at radius 2 is 1.72 bits per heavy atom. The average molecular weight is 338 g/mol. The zero-order chi connectivity index (χ0) is 17.8. The molecule has 3 rings (SSSR count). The lowest BCUT2D eigenvalue weighted by molar-refractivity contribution is 0.0650. The van der Waals surface area contributed by atoms with Crippen molar-refractivity contribution < 1.29 is 14.3 Å². The molecule has 2 aromatic rings. The lowest BCUT2D eigenvalue weighted by Gasteiger charge is -2.31. The molecule has 0 aromatic heterocycles. The van der Waals surface area contributed by atoms with Gasteiger partial charge in [-0.05, 0) is 55.3 Å². The molecule has 2 aromatic carbocycles. The van der Waals surface area contributed by atoms with Crippen LogP contribution in [-0.2, 0) is 0 Å². The number of nitrogens with zero attached hydrogens (tertiary/aromatic N) is 1. The van der Waals surface area contributed by atoms with Crippen molar-refractivity contribution in [2.45, 2.75) is 12.8 Å². The summed E-state index contributed by atoms with van der Waals surface area (Å²) in [5.41, 5.74) is 7.62. The van der Waals surface area contributed by atoms with E-state index in [1.165, 1.54) is 0 Å². The van der Waals surface area contributed by atoms with E-state index in [1.54, 1.807) is 60.5 Å². The van der Waals surface area contributed by atoms with Gasteiger partial charge in [-0.3, -0.25) is 9.59 Å². The summed E-state index contributed by atoms with van der Waals surface area (Å²) in [5, 5.41) is 0. The molecule has 0 aliphatic carbocycles. The number of hydrogen-bond donors (Lipinski definition) is 1. The van der Waals surface area contributed by atoms with Crippen molar-refractivity contribution in [2.75, 3.05) is 25.9 Å². The number of hydrogen-bond acceptors (Lipinski definition) is 4. The van der Waals surface area contributed by atoms with E-state index in [-0.39, 0.29) is 17.6 Å². The van der Waals surface area contributed by atoms with Crippen LogP contribution in [0.15, 0.2) is 48.5 Å². The molecule has 1 saturated heterocycles. The first-order valence-electron chi connectivity index (χ1n) is 8.41. The molecule has 0 radical (unpaired) electrons. The fourth-order valence-electron chi connectivity index (χ4n) is 3.19. The van der Waals surface area contributed by atoms with Gasteiger partial charge in [-0.25, -0.2) is 0 Å². The molecule has 1 heterocycles. The molecule has 130 valence electrons. The summed E-state index contributed by atoms with van der Waals surface area (Å²) in [6.45, 7) is 1.17. The molecule has 1 aliphatic rings. The normalized spacial score (nSPS) is 15.0. The third-order valence-corrected chi connectivity index (χ3v) is 4.66. The largest absolute Gasteiger partial charge is 0.497 e. The summed E-state index contributed by atoms with van der Waals surface area (Å²) < 4.78 is 5.12. The van der Waals surface area contributed by atoms with Crippen LogP contribution in [0.5, 0.6) is 5.75 Å². The summed E-state index contributed by atoms with van der Waals surface area (Å²) in [5.74, 6) is 0.804. The highest BCUT2D eigenvalue weighted by molar-refractivity contribution is 5.98. The molecular formula is C20H22N2O3. The first kappa shape index (κ1) is 17.0. The fourth-order valence-corrected chi connectivity index (χ4v) is 3.19. The van der Waals surface area contributed by atoms with Crippen molar-refractivity contribution in [3.63, 3.8) is 0 Å². The first-order chi connectivity index (χ1) is 12.1. The maximum absolute atomic E-state index is 12.6. The number of nitrogen functional groups attached to an aromatic ring is 1. The van der Waals surface area contributed by atoms with Crippen molar-refractivity contribution >= 4 is 17.4 Å². The van der Waals surface area contributed by atoms with Gasteiger partial charge in [0.2, 0.25) is 0 Å². The summed E-state index contributed by atoms with van der Waals surface area (Å²) in [7, 11) is 1.60. The number of piperidine rings is 1. The van der Waals surface area contributed by atoms with Crippen molar-refractivity contribution in [1.29, 1.82) is 0 Å². The maximum atomic E-state index is 12.6. The topological polar surface area (TPSA) is 72.6 Å². The minimum absolute atomic E-state index is 0.0253. The lowest BCUT2D eigenvalue weighted by atomic mass is 9.88. The minimum Gasteiger partial charge on any atom is -0.497 e. The van der Waals surface area contributed by atoms with Gasteiger partial charge in [-0.2, -0.15) is 0 Å². The Morgan fingerprint density at radius 3 is 2.32 bits per heavy atom. The number of benzene rings is 2. The molecule has 5 nitrogen and oxygen atoms in total. The SMILES string of the molecule is COc1ccc(C(=O)C2CCN(C(=O)c3cccc(N)c3)CC2)cc1. The Balaban J connectivity index is 1.61. The van der Waals surface area contributed by atoms with Crippen LogP contribution in [0, 0.1) is 5.92 Å². The Morgan fingerprint density at radius 1 is 1.04 bits per heavy atom. The van der Waals surface area contributed by atoms with Crippen LogP contribution in [0.1, 0.15) is 33.6 Å². The van der Waals surface area contributed by atoms with E-state index in [1.807, 2.05) is 0 Å². The summed E-state index contributed by atoms with van der Waals surface area (Å²) >= 11 is 0. The molecule has 1 aliphatic heterocycles. The zero-order valence-corrected chi connectivity index (χ0v) is 14.3. The Kier molecular flexibility index (Phi) is 5.03. The summed E-state index contributed by atoms with van der Waals surface area (Å²) in [4.78, 5) is 27.0. The number of carbonyl (C=O) groups is 2. The molecule has 0 spiro atoms. The molecule has 1 amide bonds. The maximum Gasteiger partial charge on any atom is 0.253 e. The van der Waals surface area contributed by atoms with Crippen LogP contribution in [0.25, 0.3) is 0 Å². The van der Waals surface area contributed by atoms with E-state index in [0.29, 0.717) is 42.7 Å². The number of ether oxygens (including phenoxy) is 1. The quantitative estimate of drug-likeness (QED) is 0.687. The lowest BCUT2D eigenvalue weighted by Crippen LogP contribution is -2.40. The van der Waals surface area contributed by atoms with E-state index < -0.39 is 0 Å². The predicted molar refractivity (Wildman–Crippen MR) is 96.8 cm³/mol. The molecule has 0 saturated carbocycles. The Hall–Kier alpha value is -2.82. The van der Waals surface area contributed by atoms with E-state index in [4.69, 9.17) is 10.5 Å². The monoisotopic (exact) mass is 338 g/mol. The van der Waals surface area contributed by atoms with E-state index in [9.17, 15) is 9.59 Å². The number of rotatable bonds is 4. The van der Waals surface area contributed by atoms with Crippen molar-refractivity contribution in [3.8, 4) is 5.75 Å². The molecular weight excluding hydrogens is 316 g/mol. The van der Waals surface area contributed by atoms with Crippen molar-refractivity contribution in [2.24, 2.45) is 5.92 Å². The highest BCUT2D eigenvalue weighted by Crippen LogP contribution is 2.24. The van der Waals surface area contributed by atoms with Crippen LogP contribution < -0.4 is 10.5 Å². The molecule has 0 atom stereocenters. The fraction of sp³-hybridized carbons (Fsp3) is 0.300. The minimum atomic E-state index is -0.0433. The second-order valence-electron chi connectivity index (χ2n) is 6.28. The Bertz CT molecular complexity index is 763. The summed E-state index contributed by atoms with van der Waals surface area (Å²) in [6, 6.07) is 14.2. The first-order valence-corrected chi connectivity index (χ1v) is 8.41. The molecule has 5 heteroatoms. The predicted octanol–water partition coefficient (Wildman–Crippen LogP) is 3.01.